The number of anilines is 1. The summed E-state index contributed by atoms with van der Waals surface area (Å²) in [4.78, 5) is 35.1. The first-order chi connectivity index (χ1) is 11.0. The third-order valence-electron chi connectivity index (χ3n) is 4.15. The number of fused-ring (bicyclic) bond motifs is 1. The number of nitrogens with one attached hydrogen (secondary N) is 1. The second-order valence-corrected chi connectivity index (χ2v) is 5.59. The highest BCUT2D eigenvalue weighted by atomic mass is 16.4. The molecular weight excluding hydrogens is 300 g/mol. The third-order valence-corrected chi connectivity index (χ3v) is 4.15. The van der Waals surface area contributed by atoms with Gasteiger partial charge in [-0.3, -0.25) is 14.2 Å². The van der Waals surface area contributed by atoms with E-state index in [4.69, 9.17) is 4.42 Å². The van der Waals surface area contributed by atoms with Crippen molar-refractivity contribution in [3.63, 3.8) is 0 Å². The van der Waals surface area contributed by atoms with E-state index in [-0.39, 0.29) is 5.91 Å². The van der Waals surface area contributed by atoms with Crippen molar-refractivity contribution in [2.24, 2.45) is 18.9 Å². The summed E-state index contributed by atoms with van der Waals surface area (Å²) >= 11 is 0. The number of aliphatic carboxylic acids is 1. The Hall–Kier alpha value is -2.83. The molecule has 23 heavy (non-hydrogen) atoms. The number of benzene rings is 1. The lowest BCUT2D eigenvalue weighted by molar-refractivity contribution is -0.146. The van der Waals surface area contributed by atoms with Gasteiger partial charge in [-0.2, -0.15) is 0 Å². The van der Waals surface area contributed by atoms with E-state index in [2.05, 4.69) is 5.32 Å². The summed E-state index contributed by atoms with van der Waals surface area (Å²) in [6.07, 6.45) is 4.35. The monoisotopic (exact) mass is 316 g/mol. The molecule has 0 spiro atoms. The van der Waals surface area contributed by atoms with Crippen LogP contribution in [-0.2, 0) is 16.6 Å². The van der Waals surface area contributed by atoms with Crippen LogP contribution in [0.3, 0.4) is 0 Å². The minimum Gasteiger partial charge on any atom is -0.481 e. The largest absolute Gasteiger partial charge is 0.481 e. The summed E-state index contributed by atoms with van der Waals surface area (Å²) in [6, 6.07) is 4.89. The van der Waals surface area contributed by atoms with Crippen LogP contribution in [0.25, 0.3) is 11.1 Å². The summed E-state index contributed by atoms with van der Waals surface area (Å²) in [5, 5.41) is 11.9. The normalized spacial score (nSPS) is 20.6. The molecule has 0 bridgehead atoms. The maximum Gasteiger partial charge on any atom is 0.419 e. The Morgan fingerprint density at radius 1 is 1.26 bits per heavy atom. The fraction of sp³-hybridized carbons (Fsp3) is 0.312. The van der Waals surface area contributed by atoms with Crippen molar-refractivity contribution < 1.29 is 19.1 Å². The molecule has 2 N–H and O–H groups in total. The fourth-order valence-electron chi connectivity index (χ4n) is 2.82. The molecule has 1 aliphatic carbocycles. The maximum atomic E-state index is 12.4. The first kappa shape index (κ1) is 15.1. The van der Waals surface area contributed by atoms with Gasteiger partial charge in [0.15, 0.2) is 5.58 Å². The summed E-state index contributed by atoms with van der Waals surface area (Å²) < 4.78 is 6.44. The number of allylic oxidation sites excluding steroid dienone is 2. The fourth-order valence-corrected chi connectivity index (χ4v) is 2.82. The van der Waals surface area contributed by atoms with Crippen LogP contribution in [0.2, 0.25) is 0 Å². The predicted octanol–water partition coefficient (Wildman–Crippen LogP) is 1.74. The molecule has 7 heteroatoms. The van der Waals surface area contributed by atoms with Crippen molar-refractivity contribution in [2.75, 3.05) is 5.32 Å². The summed E-state index contributed by atoms with van der Waals surface area (Å²) in [5.41, 5.74) is 1.46. The molecule has 7 nitrogen and oxygen atoms in total. The van der Waals surface area contributed by atoms with Crippen LogP contribution in [0.4, 0.5) is 5.69 Å². The highest BCUT2D eigenvalue weighted by Crippen LogP contribution is 2.27. The van der Waals surface area contributed by atoms with E-state index in [1.54, 1.807) is 31.3 Å². The van der Waals surface area contributed by atoms with E-state index in [9.17, 15) is 19.5 Å². The number of hydrogen-bond acceptors (Lipinski definition) is 4. The average molecular weight is 316 g/mol. The quantitative estimate of drug-likeness (QED) is 0.840. The summed E-state index contributed by atoms with van der Waals surface area (Å²) in [7, 11) is 1.60. The Morgan fingerprint density at radius 3 is 2.65 bits per heavy atom. The number of carboxylic acids is 1. The van der Waals surface area contributed by atoms with Crippen molar-refractivity contribution >= 4 is 28.7 Å². The number of carboxylic acid groups (broad SMARTS) is 1. The molecule has 0 aliphatic heterocycles. The molecule has 2 atom stereocenters. The number of nitrogens with zero attached hydrogens (tertiary/aromatic N) is 1. The van der Waals surface area contributed by atoms with Gasteiger partial charge >= 0.3 is 11.7 Å². The first-order valence-corrected chi connectivity index (χ1v) is 7.25. The molecule has 1 aliphatic rings. The minimum absolute atomic E-state index is 0.347. The molecule has 0 saturated heterocycles. The Balaban J connectivity index is 1.83. The number of hydrogen-bond donors (Lipinski definition) is 2. The molecule has 1 heterocycles. The third kappa shape index (κ3) is 2.77. The van der Waals surface area contributed by atoms with Gasteiger partial charge in [0, 0.05) is 18.8 Å². The highest BCUT2D eigenvalue weighted by molar-refractivity contribution is 5.96. The molecular formula is C16H16N2O5. The Kier molecular flexibility index (Phi) is 3.77. The zero-order valence-corrected chi connectivity index (χ0v) is 12.5. The topological polar surface area (TPSA) is 102 Å². The zero-order valence-electron chi connectivity index (χ0n) is 12.5. The Bertz CT molecular complexity index is 861. The molecule has 1 aromatic carbocycles. The SMILES string of the molecule is Cn1c(=O)oc2cc(NC(=O)[C@@H]3CC=CC[C@@H]3C(=O)O)ccc21. The average Bonchev–Trinajstić information content (AvgIpc) is 2.81. The number of aromatic nitrogens is 1. The van der Waals surface area contributed by atoms with Crippen LogP contribution in [0.15, 0.2) is 39.6 Å². The Morgan fingerprint density at radius 2 is 1.96 bits per heavy atom. The standard InChI is InChI=1S/C16H16N2O5/c1-18-12-7-6-9(8-13(12)23-16(18)22)17-14(19)10-4-2-3-5-11(10)15(20)21/h2-3,6-8,10-11H,4-5H2,1H3,(H,17,19)(H,20,21)/t10-,11+/m1/s1. The van der Waals surface area contributed by atoms with Gasteiger partial charge in [-0.1, -0.05) is 12.2 Å². The predicted molar refractivity (Wildman–Crippen MR) is 83.1 cm³/mol. The van der Waals surface area contributed by atoms with Gasteiger partial charge in [0.2, 0.25) is 5.91 Å². The van der Waals surface area contributed by atoms with Gasteiger partial charge in [0.1, 0.15) is 0 Å². The van der Waals surface area contributed by atoms with E-state index in [0.717, 1.165) is 0 Å². The molecule has 0 radical (unpaired) electrons. The van der Waals surface area contributed by atoms with Gasteiger partial charge in [0.05, 0.1) is 17.4 Å². The molecule has 0 fully saturated rings. The highest BCUT2D eigenvalue weighted by Gasteiger charge is 2.33. The van der Waals surface area contributed by atoms with E-state index < -0.39 is 23.6 Å². The van der Waals surface area contributed by atoms with E-state index >= 15 is 0 Å². The number of rotatable bonds is 3. The molecule has 3 rings (SSSR count). The molecule has 2 aromatic rings. The molecule has 1 aromatic heterocycles. The van der Waals surface area contributed by atoms with Crippen LogP contribution < -0.4 is 11.1 Å². The van der Waals surface area contributed by atoms with Crippen LogP contribution in [0.5, 0.6) is 0 Å². The van der Waals surface area contributed by atoms with Gasteiger partial charge in [-0.05, 0) is 25.0 Å². The summed E-state index contributed by atoms with van der Waals surface area (Å²) in [6.45, 7) is 0. The van der Waals surface area contributed by atoms with E-state index in [1.807, 2.05) is 6.08 Å². The molecule has 120 valence electrons. The van der Waals surface area contributed by atoms with Crippen LogP contribution >= 0.6 is 0 Å². The van der Waals surface area contributed by atoms with Gasteiger partial charge < -0.3 is 14.8 Å². The van der Waals surface area contributed by atoms with E-state index in [0.29, 0.717) is 29.6 Å². The minimum atomic E-state index is -0.973. The summed E-state index contributed by atoms with van der Waals surface area (Å²) in [5.74, 6) is -3.14. The lowest BCUT2D eigenvalue weighted by Crippen LogP contribution is -2.34. The van der Waals surface area contributed by atoms with Crippen molar-refractivity contribution in [1.82, 2.24) is 4.57 Å². The first-order valence-electron chi connectivity index (χ1n) is 7.25. The second-order valence-electron chi connectivity index (χ2n) is 5.59. The number of aryl methyl sites for hydroxylation is 1. The van der Waals surface area contributed by atoms with Crippen molar-refractivity contribution in [3.8, 4) is 0 Å². The number of carbonyl (C=O) groups is 2. The van der Waals surface area contributed by atoms with Crippen molar-refractivity contribution in [3.05, 3.63) is 40.9 Å². The second kappa shape index (κ2) is 5.75. The van der Waals surface area contributed by atoms with Crippen LogP contribution in [-0.4, -0.2) is 21.6 Å². The maximum absolute atomic E-state index is 12.4. The van der Waals surface area contributed by atoms with Crippen LogP contribution in [0.1, 0.15) is 12.8 Å². The van der Waals surface area contributed by atoms with E-state index in [1.165, 1.54) is 4.57 Å². The molecule has 1 amide bonds. The molecule has 0 unspecified atom stereocenters. The van der Waals surface area contributed by atoms with Gasteiger partial charge in [-0.25, -0.2) is 4.79 Å². The molecule has 0 saturated carbocycles. The Labute approximate surface area is 131 Å². The number of carbonyl (C=O) groups excluding carboxylic acids is 1. The lowest BCUT2D eigenvalue weighted by Gasteiger charge is -2.24. The number of amides is 1. The zero-order chi connectivity index (χ0) is 16.6. The van der Waals surface area contributed by atoms with Crippen molar-refractivity contribution in [1.29, 1.82) is 0 Å². The lowest BCUT2D eigenvalue weighted by atomic mass is 9.82. The van der Waals surface area contributed by atoms with Gasteiger partial charge in [0.25, 0.3) is 0 Å². The van der Waals surface area contributed by atoms with Crippen LogP contribution in [0, 0.1) is 11.8 Å². The van der Waals surface area contributed by atoms with Gasteiger partial charge in [-0.15, -0.1) is 0 Å². The smallest absolute Gasteiger partial charge is 0.419 e. The number of oxazole rings is 1. The van der Waals surface area contributed by atoms with Crippen molar-refractivity contribution in [2.45, 2.75) is 12.8 Å².